The number of hydrogen-bond acceptors (Lipinski definition) is 1. The van der Waals surface area contributed by atoms with Crippen molar-refractivity contribution in [3.63, 3.8) is 0 Å². The molecule has 0 aliphatic carbocycles. The molecule has 2 nitrogen and oxygen atoms in total. The van der Waals surface area contributed by atoms with E-state index in [1.165, 1.54) is 17.8 Å². The molecule has 1 N–H and O–H groups in total. The van der Waals surface area contributed by atoms with Gasteiger partial charge in [0.15, 0.2) is 4.77 Å². The monoisotopic (exact) mass is 264 g/mol. The number of aromatic nitrogens is 2. The first-order valence-electron chi connectivity index (χ1n) is 6.15. The van der Waals surface area contributed by atoms with Crippen LogP contribution in [0.3, 0.4) is 0 Å². The molecule has 96 valence electrons. The van der Waals surface area contributed by atoms with E-state index in [1.807, 2.05) is 18.3 Å². The fourth-order valence-corrected chi connectivity index (χ4v) is 2.58. The molecule has 1 atom stereocenters. The van der Waals surface area contributed by atoms with E-state index in [9.17, 15) is 4.39 Å². The molecule has 18 heavy (non-hydrogen) atoms. The van der Waals surface area contributed by atoms with Gasteiger partial charge in [0, 0.05) is 17.9 Å². The Balaban J connectivity index is 2.21. The van der Waals surface area contributed by atoms with Gasteiger partial charge in [0.25, 0.3) is 0 Å². The maximum Gasteiger partial charge on any atom is 0.177 e. The Morgan fingerprint density at radius 3 is 2.61 bits per heavy atom. The Morgan fingerprint density at radius 1 is 1.33 bits per heavy atom. The third-order valence-corrected chi connectivity index (χ3v) is 3.45. The molecule has 1 unspecified atom stereocenters. The van der Waals surface area contributed by atoms with Gasteiger partial charge in [-0.25, -0.2) is 4.39 Å². The molecule has 0 saturated heterocycles. The molecule has 0 aliphatic rings. The summed E-state index contributed by atoms with van der Waals surface area (Å²) >= 11 is 5.30. The fraction of sp³-hybridized carbons (Fsp3) is 0.357. The number of halogens is 1. The predicted octanol–water partition coefficient (Wildman–Crippen LogP) is 4.05. The SMILES string of the molecule is CCc1c[nH]c(=S)n1C(C)Cc1ccc(F)cc1. The summed E-state index contributed by atoms with van der Waals surface area (Å²) in [4.78, 5) is 3.08. The van der Waals surface area contributed by atoms with Crippen LogP contribution in [-0.2, 0) is 12.8 Å². The summed E-state index contributed by atoms with van der Waals surface area (Å²) in [6, 6.07) is 6.92. The number of benzene rings is 1. The van der Waals surface area contributed by atoms with Crippen molar-refractivity contribution >= 4 is 12.2 Å². The Labute approximate surface area is 111 Å². The van der Waals surface area contributed by atoms with Gasteiger partial charge in [0.1, 0.15) is 5.82 Å². The molecule has 0 radical (unpaired) electrons. The standard InChI is InChI=1S/C14H17FN2S/c1-3-13-9-16-14(18)17(13)10(2)8-11-4-6-12(15)7-5-11/h4-7,9-10H,3,8H2,1-2H3,(H,16,18). The number of imidazole rings is 1. The molecule has 4 heteroatoms. The Kier molecular flexibility index (Phi) is 3.97. The average molecular weight is 264 g/mol. The largest absolute Gasteiger partial charge is 0.337 e. The molecule has 0 amide bonds. The normalized spacial score (nSPS) is 12.6. The highest BCUT2D eigenvalue weighted by atomic mass is 32.1. The van der Waals surface area contributed by atoms with Crippen LogP contribution in [0.5, 0.6) is 0 Å². The number of rotatable bonds is 4. The number of H-pyrrole nitrogens is 1. The number of nitrogens with one attached hydrogen (secondary N) is 1. The number of nitrogens with zero attached hydrogens (tertiary/aromatic N) is 1. The predicted molar refractivity (Wildman–Crippen MR) is 73.8 cm³/mol. The van der Waals surface area contributed by atoms with E-state index in [-0.39, 0.29) is 11.9 Å². The average Bonchev–Trinajstić information content (AvgIpc) is 2.73. The Bertz CT molecular complexity index is 568. The van der Waals surface area contributed by atoms with Gasteiger partial charge in [-0.2, -0.15) is 0 Å². The van der Waals surface area contributed by atoms with Crippen LogP contribution in [-0.4, -0.2) is 9.55 Å². The fourth-order valence-electron chi connectivity index (χ4n) is 2.22. The lowest BCUT2D eigenvalue weighted by atomic mass is 10.1. The molecule has 1 aromatic heterocycles. The van der Waals surface area contributed by atoms with Crippen LogP contribution in [0, 0.1) is 10.6 Å². The maximum absolute atomic E-state index is 12.9. The van der Waals surface area contributed by atoms with Crippen molar-refractivity contribution < 1.29 is 4.39 Å². The van der Waals surface area contributed by atoms with E-state index in [0.29, 0.717) is 0 Å². The van der Waals surface area contributed by atoms with E-state index in [1.54, 1.807) is 0 Å². The van der Waals surface area contributed by atoms with E-state index in [0.717, 1.165) is 23.2 Å². The summed E-state index contributed by atoms with van der Waals surface area (Å²) in [5.74, 6) is -0.195. The van der Waals surface area contributed by atoms with Crippen LogP contribution < -0.4 is 0 Å². The Morgan fingerprint density at radius 2 is 2.00 bits per heavy atom. The lowest BCUT2D eigenvalue weighted by Gasteiger charge is -2.16. The van der Waals surface area contributed by atoms with E-state index < -0.39 is 0 Å². The van der Waals surface area contributed by atoms with Crippen LogP contribution >= 0.6 is 12.2 Å². The molecule has 1 aromatic carbocycles. The highest BCUT2D eigenvalue weighted by Gasteiger charge is 2.10. The molecule has 2 aromatic rings. The first-order chi connectivity index (χ1) is 8.61. The van der Waals surface area contributed by atoms with Gasteiger partial charge in [-0.3, -0.25) is 0 Å². The molecule has 2 rings (SSSR count). The molecule has 0 fully saturated rings. The highest BCUT2D eigenvalue weighted by molar-refractivity contribution is 7.71. The third kappa shape index (κ3) is 2.70. The van der Waals surface area contributed by atoms with Crippen LogP contribution in [0.4, 0.5) is 4.39 Å². The van der Waals surface area contributed by atoms with Crippen molar-refractivity contribution in [3.05, 3.63) is 52.3 Å². The number of aromatic amines is 1. The molecule has 0 spiro atoms. The van der Waals surface area contributed by atoms with Gasteiger partial charge in [-0.05, 0) is 49.7 Å². The lowest BCUT2D eigenvalue weighted by molar-refractivity contribution is 0.520. The van der Waals surface area contributed by atoms with Crippen molar-refractivity contribution in [1.82, 2.24) is 9.55 Å². The smallest absolute Gasteiger partial charge is 0.177 e. The zero-order chi connectivity index (χ0) is 13.1. The summed E-state index contributed by atoms with van der Waals surface area (Å²) in [5.41, 5.74) is 2.32. The van der Waals surface area contributed by atoms with Crippen molar-refractivity contribution in [2.75, 3.05) is 0 Å². The van der Waals surface area contributed by atoms with Gasteiger partial charge < -0.3 is 9.55 Å². The van der Waals surface area contributed by atoms with Crippen LogP contribution in [0.15, 0.2) is 30.5 Å². The molecule has 0 saturated carbocycles. The number of aryl methyl sites for hydroxylation is 1. The van der Waals surface area contributed by atoms with E-state index in [2.05, 4.69) is 23.4 Å². The van der Waals surface area contributed by atoms with Gasteiger partial charge in [-0.15, -0.1) is 0 Å². The second kappa shape index (κ2) is 5.48. The summed E-state index contributed by atoms with van der Waals surface area (Å²) in [7, 11) is 0. The minimum absolute atomic E-state index is 0.195. The molecular weight excluding hydrogens is 247 g/mol. The third-order valence-electron chi connectivity index (χ3n) is 3.14. The van der Waals surface area contributed by atoms with Crippen LogP contribution in [0.2, 0.25) is 0 Å². The highest BCUT2D eigenvalue weighted by Crippen LogP contribution is 2.17. The van der Waals surface area contributed by atoms with Crippen LogP contribution in [0.1, 0.15) is 31.1 Å². The summed E-state index contributed by atoms with van der Waals surface area (Å²) < 4.78 is 15.7. The topological polar surface area (TPSA) is 20.7 Å². The summed E-state index contributed by atoms with van der Waals surface area (Å²) in [5, 5.41) is 0. The minimum atomic E-state index is -0.195. The Hall–Kier alpha value is -1.42. The van der Waals surface area contributed by atoms with Gasteiger partial charge in [-0.1, -0.05) is 19.1 Å². The zero-order valence-electron chi connectivity index (χ0n) is 10.6. The van der Waals surface area contributed by atoms with Crippen molar-refractivity contribution in [2.45, 2.75) is 32.7 Å². The van der Waals surface area contributed by atoms with Crippen molar-refractivity contribution in [2.24, 2.45) is 0 Å². The summed E-state index contributed by atoms with van der Waals surface area (Å²) in [6.45, 7) is 4.24. The van der Waals surface area contributed by atoms with E-state index in [4.69, 9.17) is 12.2 Å². The second-order valence-corrected chi connectivity index (χ2v) is 4.88. The van der Waals surface area contributed by atoms with E-state index >= 15 is 0 Å². The van der Waals surface area contributed by atoms with Gasteiger partial charge in [0.05, 0.1) is 0 Å². The van der Waals surface area contributed by atoms with Crippen molar-refractivity contribution in [1.29, 1.82) is 0 Å². The molecule has 1 heterocycles. The number of hydrogen-bond donors (Lipinski definition) is 1. The van der Waals surface area contributed by atoms with Crippen LogP contribution in [0.25, 0.3) is 0 Å². The lowest BCUT2D eigenvalue weighted by Crippen LogP contribution is -2.11. The molecule has 0 aliphatic heterocycles. The first-order valence-corrected chi connectivity index (χ1v) is 6.56. The second-order valence-electron chi connectivity index (χ2n) is 4.49. The molecular formula is C14H17FN2S. The quantitative estimate of drug-likeness (QED) is 0.826. The first kappa shape index (κ1) is 13.0. The maximum atomic E-state index is 12.9. The molecule has 0 bridgehead atoms. The summed E-state index contributed by atoms with van der Waals surface area (Å²) in [6.07, 6.45) is 3.75. The minimum Gasteiger partial charge on any atom is -0.337 e. The van der Waals surface area contributed by atoms with Gasteiger partial charge in [0.2, 0.25) is 0 Å². The zero-order valence-corrected chi connectivity index (χ0v) is 11.4. The van der Waals surface area contributed by atoms with Gasteiger partial charge >= 0.3 is 0 Å². The van der Waals surface area contributed by atoms with Crippen molar-refractivity contribution in [3.8, 4) is 0 Å².